The van der Waals surface area contributed by atoms with E-state index in [4.69, 9.17) is 17.0 Å². The topological polar surface area (TPSA) is 63.2 Å². The van der Waals surface area contributed by atoms with Gasteiger partial charge in [0.1, 0.15) is 5.75 Å². The molecule has 0 fully saturated rings. The second kappa shape index (κ2) is 8.71. The molecule has 1 aromatic heterocycles. The van der Waals surface area contributed by atoms with Crippen LogP contribution in [0.1, 0.15) is 36.7 Å². The first-order valence-electron chi connectivity index (χ1n) is 9.09. The number of aromatic nitrogens is 1. The van der Waals surface area contributed by atoms with Gasteiger partial charge in [-0.15, -0.1) is 11.3 Å². The van der Waals surface area contributed by atoms with Gasteiger partial charge in [-0.05, 0) is 59.6 Å². The molecule has 3 aromatic rings. The SMILES string of the molecule is COc1ccc(-c2csc(NC(=S)NC(=O)c3ccc(C(C)(C)C)cc3)n2)cc1. The first-order valence-corrected chi connectivity index (χ1v) is 10.4. The zero-order valence-electron chi connectivity index (χ0n) is 16.8. The Morgan fingerprint density at radius 2 is 1.72 bits per heavy atom. The van der Waals surface area contributed by atoms with Crippen LogP contribution in [0.15, 0.2) is 53.9 Å². The molecular formula is C22H23N3O2S2. The van der Waals surface area contributed by atoms with Gasteiger partial charge in [0.2, 0.25) is 0 Å². The van der Waals surface area contributed by atoms with E-state index in [-0.39, 0.29) is 16.4 Å². The quantitative estimate of drug-likeness (QED) is 0.560. The van der Waals surface area contributed by atoms with Crippen molar-refractivity contribution in [3.8, 4) is 17.0 Å². The fraction of sp³-hybridized carbons (Fsp3) is 0.227. The highest BCUT2D eigenvalue weighted by Crippen LogP contribution is 2.26. The second-order valence-corrected chi connectivity index (χ2v) is 8.77. The molecule has 7 heteroatoms. The zero-order chi connectivity index (χ0) is 21.0. The summed E-state index contributed by atoms with van der Waals surface area (Å²) in [4.78, 5) is 16.9. The van der Waals surface area contributed by atoms with Gasteiger partial charge < -0.3 is 10.1 Å². The van der Waals surface area contributed by atoms with Crippen molar-refractivity contribution in [1.29, 1.82) is 0 Å². The lowest BCUT2D eigenvalue weighted by Crippen LogP contribution is -2.34. The van der Waals surface area contributed by atoms with Crippen LogP contribution in [-0.4, -0.2) is 23.1 Å². The minimum absolute atomic E-state index is 0.0400. The molecule has 0 saturated carbocycles. The predicted octanol–water partition coefficient (Wildman–Crippen LogP) is 5.24. The van der Waals surface area contributed by atoms with Crippen molar-refractivity contribution in [1.82, 2.24) is 10.3 Å². The number of nitrogens with zero attached hydrogens (tertiary/aromatic N) is 1. The van der Waals surface area contributed by atoms with Gasteiger partial charge in [-0.25, -0.2) is 4.98 Å². The Kier molecular flexibility index (Phi) is 6.30. The van der Waals surface area contributed by atoms with Gasteiger partial charge >= 0.3 is 0 Å². The van der Waals surface area contributed by atoms with Crippen molar-refractivity contribution in [2.75, 3.05) is 12.4 Å². The number of thiocarbonyl (C=S) groups is 1. The monoisotopic (exact) mass is 425 g/mol. The number of benzene rings is 2. The molecule has 0 aliphatic heterocycles. The van der Waals surface area contributed by atoms with Gasteiger partial charge in [-0.1, -0.05) is 32.9 Å². The van der Waals surface area contributed by atoms with Crippen LogP contribution < -0.4 is 15.4 Å². The first kappa shape index (κ1) is 21.0. The predicted molar refractivity (Wildman–Crippen MR) is 123 cm³/mol. The summed E-state index contributed by atoms with van der Waals surface area (Å²) >= 11 is 6.68. The lowest BCUT2D eigenvalue weighted by atomic mass is 9.87. The molecular weight excluding hydrogens is 402 g/mol. The maximum Gasteiger partial charge on any atom is 0.257 e. The summed E-state index contributed by atoms with van der Waals surface area (Å²) in [7, 11) is 1.63. The van der Waals surface area contributed by atoms with E-state index in [0.29, 0.717) is 10.7 Å². The number of amides is 1. The minimum atomic E-state index is -0.255. The molecule has 0 bridgehead atoms. The van der Waals surface area contributed by atoms with E-state index in [1.54, 1.807) is 7.11 Å². The highest BCUT2D eigenvalue weighted by atomic mass is 32.1. The van der Waals surface area contributed by atoms with E-state index >= 15 is 0 Å². The number of rotatable bonds is 4. The lowest BCUT2D eigenvalue weighted by molar-refractivity contribution is 0.0977. The molecule has 0 radical (unpaired) electrons. The number of thiazole rings is 1. The smallest absolute Gasteiger partial charge is 0.257 e. The molecule has 0 aliphatic rings. The number of anilines is 1. The lowest BCUT2D eigenvalue weighted by Gasteiger charge is -2.19. The van der Waals surface area contributed by atoms with Gasteiger partial charge in [0.05, 0.1) is 12.8 Å². The largest absolute Gasteiger partial charge is 0.497 e. The molecule has 2 N–H and O–H groups in total. The maximum atomic E-state index is 12.4. The fourth-order valence-electron chi connectivity index (χ4n) is 2.65. The molecule has 0 aliphatic carbocycles. The summed E-state index contributed by atoms with van der Waals surface area (Å²) in [6, 6.07) is 15.2. The van der Waals surface area contributed by atoms with E-state index in [9.17, 15) is 4.79 Å². The molecule has 0 spiro atoms. The molecule has 0 unspecified atom stereocenters. The number of methoxy groups -OCH3 is 1. The molecule has 2 aromatic carbocycles. The Labute approximate surface area is 180 Å². The average Bonchev–Trinajstić information content (AvgIpc) is 3.15. The highest BCUT2D eigenvalue weighted by Gasteiger charge is 2.15. The summed E-state index contributed by atoms with van der Waals surface area (Å²) in [5.41, 5.74) is 3.57. The van der Waals surface area contributed by atoms with Crippen molar-refractivity contribution in [3.05, 3.63) is 65.0 Å². The van der Waals surface area contributed by atoms with E-state index in [1.807, 2.05) is 53.9 Å². The Balaban J connectivity index is 1.60. The Bertz CT molecular complexity index is 1000. The van der Waals surface area contributed by atoms with Crippen molar-refractivity contribution in [2.45, 2.75) is 26.2 Å². The van der Waals surface area contributed by atoms with Crippen molar-refractivity contribution in [2.24, 2.45) is 0 Å². The van der Waals surface area contributed by atoms with Crippen LogP contribution in [0.3, 0.4) is 0 Å². The number of nitrogens with one attached hydrogen (secondary N) is 2. The third kappa shape index (κ3) is 5.40. The highest BCUT2D eigenvalue weighted by molar-refractivity contribution is 7.80. The van der Waals surface area contributed by atoms with Gasteiger partial charge in [0.25, 0.3) is 5.91 Å². The van der Waals surface area contributed by atoms with E-state index < -0.39 is 0 Å². The number of ether oxygens (including phenoxy) is 1. The fourth-order valence-corrected chi connectivity index (χ4v) is 3.63. The van der Waals surface area contributed by atoms with Crippen LogP contribution >= 0.6 is 23.6 Å². The molecule has 150 valence electrons. The van der Waals surface area contributed by atoms with Crippen LogP contribution in [0.4, 0.5) is 5.13 Å². The van der Waals surface area contributed by atoms with Crippen molar-refractivity contribution < 1.29 is 9.53 Å². The summed E-state index contributed by atoms with van der Waals surface area (Å²) in [6.07, 6.45) is 0. The molecule has 1 heterocycles. The molecule has 5 nitrogen and oxygen atoms in total. The molecule has 0 saturated heterocycles. The van der Waals surface area contributed by atoms with Crippen LogP contribution in [0, 0.1) is 0 Å². The third-order valence-corrected chi connectivity index (χ3v) is 5.31. The number of hydrogen-bond donors (Lipinski definition) is 2. The summed E-state index contributed by atoms with van der Waals surface area (Å²) in [6.45, 7) is 6.40. The Morgan fingerprint density at radius 1 is 1.07 bits per heavy atom. The van der Waals surface area contributed by atoms with Crippen LogP contribution in [0.5, 0.6) is 5.75 Å². The van der Waals surface area contributed by atoms with Gasteiger partial charge in [-0.3, -0.25) is 10.1 Å². The van der Waals surface area contributed by atoms with E-state index in [0.717, 1.165) is 17.0 Å². The van der Waals surface area contributed by atoms with Gasteiger partial charge in [0.15, 0.2) is 10.2 Å². The summed E-state index contributed by atoms with van der Waals surface area (Å²) < 4.78 is 5.17. The maximum absolute atomic E-state index is 12.4. The van der Waals surface area contributed by atoms with Gasteiger partial charge in [0, 0.05) is 16.5 Å². The Hall–Kier alpha value is -2.77. The molecule has 1 amide bonds. The van der Waals surface area contributed by atoms with Crippen LogP contribution in [0.25, 0.3) is 11.3 Å². The van der Waals surface area contributed by atoms with E-state index in [2.05, 4.69) is 36.4 Å². The standard InChI is InChI=1S/C22H23N3O2S2/c1-22(2,3)16-9-5-15(6-10-16)19(26)24-20(28)25-21-23-18(13-29-21)14-7-11-17(27-4)12-8-14/h5-13H,1-4H3,(H2,23,24,25,26,28). The number of hydrogen-bond acceptors (Lipinski definition) is 5. The molecule has 0 atom stereocenters. The van der Waals surface area contributed by atoms with Gasteiger partial charge in [-0.2, -0.15) is 0 Å². The molecule has 3 rings (SSSR count). The van der Waals surface area contributed by atoms with Crippen molar-refractivity contribution in [3.63, 3.8) is 0 Å². The number of carbonyl (C=O) groups is 1. The van der Waals surface area contributed by atoms with Crippen molar-refractivity contribution >= 4 is 39.7 Å². The molecule has 29 heavy (non-hydrogen) atoms. The summed E-state index contributed by atoms with van der Waals surface area (Å²) in [5, 5.41) is 8.43. The normalized spacial score (nSPS) is 11.0. The van der Waals surface area contributed by atoms with E-state index in [1.165, 1.54) is 16.9 Å². The summed E-state index contributed by atoms with van der Waals surface area (Å²) in [5.74, 6) is 0.539. The average molecular weight is 426 g/mol. The minimum Gasteiger partial charge on any atom is -0.497 e. The third-order valence-electron chi connectivity index (χ3n) is 4.35. The Morgan fingerprint density at radius 3 is 2.31 bits per heavy atom. The van der Waals surface area contributed by atoms with Crippen LogP contribution in [0.2, 0.25) is 0 Å². The second-order valence-electron chi connectivity index (χ2n) is 7.50. The zero-order valence-corrected chi connectivity index (χ0v) is 18.4. The van der Waals surface area contributed by atoms with Crippen LogP contribution in [-0.2, 0) is 5.41 Å². The first-order chi connectivity index (χ1) is 13.8. The number of carbonyl (C=O) groups excluding carboxylic acids is 1.